The van der Waals surface area contributed by atoms with Crippen molar-refractivity contribution < 1.29 is 9.59 Å². The van der Waals surface area contributed by atoms with Crippen LogP contribution in [0.1, 0.15) is 23.3 Å². The highest BCUT2D eigenvalue weighted by Crippen LogP contribution is 2.31. The Labute approximate surface area is 122 Å². The lowest BCUT2D eigenvalue weighted by Gasteiger charge is -2.34. The number of halogens is 1. The molecule has 2 fully saturated rings. The molecule has 0 unspecified atom stereocenters. The highest BCUT2D eigenvalue weighted by atomic mass is 35.5. The Morgan fingerprint density at radius 2 is 1.80 bits per heavy atom. The van der Waals surface area contributed by atoms with E-state index < -0.39 is 0 Å². The summed E-state index contributed by atoms with van der Waals surface area (Å²) in [6.07, 6.45) is 3.57. The fraction of sp³-hybridized carbons (Fsp3) is 0.500. The van der Waals surface area contributed by atoms with Gasteiger partial charge in [-0.05, 0) is 25.0 Å². The third kappa shape index (κ3) is 2.77. The summed E-state index contributed by atoms with van der Waals surface area (Å²) >= 11 is 5.87. The number of pyridine rings is 1. The van der Waals surface area contributed by atoms with Crippen molar-refractivity contribution in [2.45, 2.75) is 12.8 Å². The number of rotatable bonds is 2. The fourth-order valence-electron chi connectivity index (χ4n) is 2.40. The van der Waals surface area contributed by atoms with Crippen LogP contribution < -0.4 is 0 Å². The molecule has 0 radical (unpaired) electrons. The molecule has 106 valence electrons. The first-order chi connectivity index (χ1) is 9.65. The Kier molecular flexibility index (Phi) is 3.61. The molecule has 2 amide bonds. The largest absolute Gasteiger partial charge is 0.339 e. The Morgan fingerprint density at radius 1 is 1.15 bits per heavy atom. The quantitative estimate of drug-likeness (QED) is 0.829. The number of hydrogen-bond acceptors (Lipinski definition) is 3. The molecule has 1 aliphatic carbocycles. The maximum absolute atomic E-state index is 12.3. The molecule has 0 bridgehead atoms. The number of hydrogen-bond donors (Lipinski definition) is 0. The van der Waals surface area contributed by atoms with E-state index in [-0.39, 0.29) is 17.7 Å². The maximum Gasteiger partial charge on any atom is 0.272 e. The Hall–Kier alpha value is -1.62. The summed E-state index contributed by atoms with van der Waals surface area (Å²) in [7, 11) is 0. The molecule has 6 heteroatoms. The molecular weight excluding hydrogens is 278 g/mol. The van der Waals surface area contributed by atoms with Gasteiger partial charge in [0.25, 0.3) is 5.91 Å². The minimum Gasteiger partial charge on any atom is -0.339 e. The average molecular weight is 294 g/mol. The molecule has 20 heavy (non-hydrogen) atoms. The summed E-state index contributed by atoms with van der Waals surface area (Å²) in [6.45, 7) is 2.35. The van der Waals surface area contributed by atoms with Crippen molar-refractivity contribution in [3.05, 3.63) is 29.0 Å². The van der Waals surface area contributed by atoms with Crippen molar-refractivity contribution in [2.24, 2.45) is 5.92 Å². The van der Waals surface area contributed by atoms with Gasteiger partial charge in [0.05, 0.1) is 0 Å². The average Bonchev–Trinajstić information content (AvgIpc) is 3.30. The molecule has 5 nitrogen and oxygen atoms in total. The van der Waals surface area contributed by atoms with Gasteiger partial charge in [-0.25, -0.2) is 0 Å². The lowest BCUT2D eigenvalue weighted by Crippen LogP contribution is -2.51. The molecule has 2 aliphatic rings. The van der Waals surface area contributed by atoms with E-state index in [2.05, 4.69) is 4.98 Å². The van der Waals surface area contributed by atoms with Crippen LogP contribution in [0.5, 0.6) is 0 Å². The second kappa shape index (κ2) is 5.40. The van der Waals surface area contributed by atoms with Gasteiger partial charge in [0, 0.05) is 43.3 Å². The predicted octanol–water partition coefficient (Wildman–Crippen LogP) is 1.43. The summed E-state index contributed by atoms with van der Waals surface area (Å²) in [5, 5.41) is 0.505. The molecule has 1 aromatic heterocycles. The van der Waals surface area contributed by atoms with Crippen molar-refractivity contribution in [1.82, 2.24) is 14.8 Å². The zero-order valence-electron chi connectivity index (χ0n) is 11.1. The zero-order valence-corrected chi connectivity index (χ0v) is 11.8. The lowest BCUT2D eigenvalue weighted by atomic mass is 10.2. The molecule has 1 aromatic rings. The number of aromatic nitrogens is 1. The predicted molar refractivity (Wildman–Crippen MR) is 74.5 cm³/mol. The Morgan fingerprint density at radius 3 is 2.40 bits per heavy atom. The third-order valence-electron chi connectivity index (χ3n) is 3.75. The molecule has 1 saturated heterocycles. The van der Waals surface area contributed by atoms with Gasteiger partial charge in [-0.1, -0.05) is 11.6 Å². The van der Waals surface area contributed by atoms with Crippen LogP contribution in [-0.2, 0) is 4.79 Å². The molecule has 0 N–H and O–H groups in total. The molecule has 0 spiro atoms. The first kappa shape index (κ1) is 13.4. The van der Waals surface area contributed by atoms with Gasteiger partial charge in [0.15, 0.2) is 0 Å². The number of nitrogens with zero attached hydrogens (tertiary/aromatic N) is 3. The van der Waals surface area contributed by atoms with E-state index >= 15 is 0 Å². The zero-order chi connectivity index (χ0) is 14.1. The molecule has 1 saturated carbocycles. The maximum atomic E-state index is 12.3. The monoisotopic (exact) mass is 293 g/mol. The number of piperazine rings is 1. The van der Waals surface area contributed by atoms with Crippen LogP contribution in [0.4, 0.5) is 0 Å². The number of amides is 2. The van der Waals surface area contributed by atoms with Crippen LogP contribution in [0.3, 0.4) is 0 Å². The van der Waals surface area contributed by atoms with E-state index in [1.807, 2.05) is 4.90 Å². The summed E-state index contributed by atoms with van der Waals surface area (Å²) < 4.78 is 0. The summed E-state index contributed by atoms with van der Waals surface area (Å²) in [6, 6.07) is 3.22. The number of carbonyl (C=O) groups is 2. The SMILES string of the molecule is O=C(c1cc(Cl)ccn1)N1CCN(C(=O)C2CC2)CC1. The van der Waals surface area contributed by atoms with Crippen LogP contribution in [0.25, 0.3) is 0 Å². The van der Waals surface area contributed by atoms with Crippen molar-refractivity contribution in [3.63, 3.8) is 0 Å². The van der Waals surface area contributed by atoms with Gasteiger partial charge in [-0.2, -0.15) is 0 Å². The van der Waals surface area contributed by atoms with Crippen LogP contribution in [0, 0.1) is 5.92 Å². The molecule has 1 aliphatic heterocycles. The van der Waals surface area contributed by atoms with E-state index in [1.54, 1.807) is 17.0 Å². The van der Waals surface area contributed by atoms with Crippen LogP contribution >= 0.6 is 11.6 Å². The van der Waals surface area contributed by atoms with Gasteiger partial charge in [0.2, 0.25) is 5.91 Å². The molecular formula is C14H16ClN3O2. The molecule has 0 atom stereocenters. The molecule has 2 heterocycles. The lowest BCUT2D eigenvalue weighted by molar-refractivity contribution is -0.134. The standard InChI is InChI=1S/C14H16ClN3O2/c15-11-3-4-16-12(9-11)14(20)18-7-5-17(6-8-18)13(19)10-1-2-10/h3-4,9-10H,1-2,5-8H2. The first-order valence-electron chi connectivity index (χ1n) is 6.85. The van der Waals surface area contributed by atoms with E-state index in [0.29, 0.717) is 36.9 Å². The van der Waals surface area contributed by atoms with Crippen molar-refractivity contribution >= 4 is 23.4 Å². The van der Waals surface area contributed by atoms with Crippen LogP contribution in [-0.4, -0.2) is 52.8 Å². The van der Waals surface area contributed by atoms with Crippen LogP contribution in [0.2, 0.25) is 5.02 Å². The second-order valence-corrected chi connectivity index (χ2v) is 5.69. The minimum atomic E-state index is -0.119. The van der Waals surface area contributed by atoms with Crippen molar-refractivity contribution in [1.29, 1.82) is 0 Å². The van der Waals surface area contributed by atoms with E-state index in [1.165, 1.54) is 6.20 Å². The van der Waals surface area contributed by atoms with Gasteiger partial charge in [0.1, 0.15) is 5.69 Å². The Bertz CT molecular complexity index is 537. The molecule has 3 rings (SSSR count). The van der Waals surface area contributed by atoms with Gasteiger partial charge in [-0.15, -0.1) is 0 Å². The fourth-order valence-corrected chi connectivity index (χ4v) is 2.56. The van der Waals surface area contributed by atoms with Gasteiger partial charge >= 0.3 is 0 Å². The van der Waals surface area contributed by atoms with Crippen molar-refractivity contribution in [3.8, 4) is 0 Å². The summed E-state index contributed by atoms with van der Waals surface area (Å²) in [5.74, 6) is 0.371. The molecule has 0 aromatic carbocycles. The first-order valence-corrected chi connectivity index (χ1v) is 7.22. The van der Waals surface area contributed by atoms with Crippen molar-refractivity contribution in [2.75, 3.05) is 26.2 Å². The van der Waals surface area contributed by atoms with E-state index in [0.717, 1.165) is 12.8 Å². The smallest absolute Gasteiger partial charge is 0.272 e. The van der Waals surface area contributed by atoms with Crippen LogP contribution in [0.15, 0.2) is 18.3 Å². The van der Waals surface area contributed by atoms with Gasteiger partial charge in [-0.3, -0.25) is 14.6 Å². The minimum absolute atomic E-state index is 0.119. The number of carbonyl (C=O) groups excluding carboxylic acids is 2. The summed E-state index contributed by atoms with van der Waals surface area (Å²) in [4.78, 5) is 31.9. The van der Waals surface area contributed by atoms with E-state index in [9.17, 15) is 9.59 Å². The Balaban J connectivity index is 1.60. The highest BCUT2D eigenvalue weighted by Gasteiger charge is 2.35. The second-order valence-electron chi connectivity index (χ2n) is 5.25. The highest BCUT2D eigenvalue weighted by molar-refractivity contribution is 6.30. The van der Waals surface area contributed by atoms with Gasteiger partial charge < -0.3 is 9.80 Å². The third-order valence-corrected chi connectivity index (χ3v) is 3.98. The topological polar surface area (TPSA) is 53.5 Å². The van der Waals surface area contributed by atoms with E-state index in [4.69, 9.17) is 11.6 Å². The summed E-state index contributed by atoms with van der Waals surface area (Å²) in [5.41, 5.74) is 0.361. The normalized spacial score (nSPS) is 19.1.